The third kappa shape index (κ3) is 4.25. The molecule has 0 saturated heterocycles. The number of benzene rings is 6. The lowest BCUT2D eigenvalue weighted by molar-refractivity contribution is 0.660. The van der Waals surface area contributed by atoms with Crippen molar-refractivity contribution in [3.63, 3.8) is 0 Å². The van der Waals surface area contributed by atoms with Gasteiger partial charge in [-0.1, -0.05) is 117 Å². The van der Waals surface area contributed by atoms with E-state index in [9.17, 15) is 0 Å². The quantitative estimate of drug-likeness (QED) is 0.190. The van der Waals surface area contributed by atoms with Crippen molar-refractivity contribution < 1.29 is 0 Å². The Morgan fingerprint density at radius 2 is 1.10 bits per heavy atom. The molecule has 0 N–H and O–H groups in total. The highest BCUT2D eigenvalue weighted by atomic mass is 15.0. The first-order valence-electron chi connectivity index (χ1n) is 17.0. The number of pyridine rings is 1. The van der Waals surface area contributed by atoms with Gasteiger partial charge >= 0.3 is 0 Å². The maximum absolute atomic E-state index is 4.86. The van der Waals surface area contributed by atoms with E-state index in [-0.39, 0.29) is 5.41 Å². The Labute approximate surface area is 285 Å². The molecule has 0 bridgehead atoms. The van der Waals surface area contributed by atoms with Crippen LogP contribution in [-0.2, 0) is 5.41 Å². The molecule has 0 amide bonds. The smallest absolute Gasteiger partial charge is 0.137 e. The van der Waals surface area contributed by atoms with Crippen LogP contribution in [0.1, 0.15) is 25.0 Å². The molecule has 10 rings (SSSR count). The molecule has 49 heavy (non-hydrogen) atoms. The van der Waals surface area contributed by atoms with Gasteiger partial charge in [0, 0.05) is 39.8 Å². The normalized spacial score (nSPS) is 13.3. The Hall–Kier alpha value is -6.19. The van der Waals surface area contributed by atoms with E-state index in [1.165, 1.54) is 66.3 Å². The first-order chi connectivity index (χ1) is 24.0. The summed E-state index contributed by atoms with van der Waals surface area (Å²) in [5.74, 6) is 0. The molecule has 0 atom stereocenters. The second kappa shape index (κ2) is 10.4. The van der Waals surface area contributed by atoms with E-state index in [1.54, 1.807) is 0 Å². The summed E-state index contributed by atoms with van der Waals surface area (Å²) in [6.45, 7) is 4.71. The van der Waals surface area contributed by atoms with E-state index in [4.69, 9.17) is 4.98 Å². The van der Waals surface area contributed by atoms with Crippen LogP contribution < -0.4 is 0 Å². The van der Waals surface area contributed by atoms with Crippen LogP contribution in [0.5, 0.6) is 0 Å². The fraction of sp³-hybridized carbons (Fsp3) is 0.0652. The van der Waals surface area contributed by atoms with Crippen LogP contribution in [0, 0.1) is 0 Å². The molecule has 3 aromatic heterocycles. The van der Waals surface area contributed by atoms with Crippen molar-refractivity contribution in [1.29, 1.82) is 0 Å². The van der Waals surface area contributed by atoms with Crippen molar-refractivity contribution in [1.82, 2.24) is 14.0 Å². The van der Waals surface area contributed by atoms with Crippen LogP contribution in [-0.4, -0.2) is 14.0 Å². The first kappa shape index (κ1) is 27.9. The summed E-state index contributed by atoms with van der Waals surface area (Å²) in [6, 6.07) is 55.4. The van der Waals surface area contributed by atoms with E-state index in [0.717, 1.165) is 22.6 Å². The number of hydrogen-bond acceptors (Lipinski definition) is 1. The summed E-state index contributed by atoms with van der Waals surface area (Å²) in [4.78, 5) is 4.86. The molecule has 0 radical (unpaired) electrons. The molecule has 1 aliphatic carbocycles. The fourth-order valence-electron chi connectivity index (χ4n) is 8.07. The predicted molar refractivity (Wildman–Crippen MR) is 203 cm³/mol. The number of aromatic nitrogens is 3. The van der Waals surface area contributed by atoms with E-state index in [0.29, 0.717) is 0 Å². The standard InChI is InChI=1S/C46H33N3/c1-46(2)40-14-6-3-11-36(40)37-23-22-32(28-41(37)46)34-25-33(30-18-20-31(21-19-30)42-29-48-24-10-9-17-45(48)47-42)26-35(27-34)49-43-15-7-4-12-38(43)39-13-5-8-16-44(39)49/h3-29H,1-2H3. The molecule has 0 fully saturated rings. The molecule has 0 aliphatic heterocycles. The summed E-state index contributed by atoms with van der Waals surface area (Å²) >= 11 is 0. The minimum absolute atomic E-state index is 0.0665. The number of hydrogen-bond donors (Lipinski definition) is 0. The second-order valence-corrected chi connectivity index (χ2v) is 13.7. The Morgan fingerprint density at radius 1 is 0.490 bits per heavy atom. The topological polar surface area (TPSA) is 22.2 Å². The van der Waals surface area contributed by atoms with Crippen molar-refractivity contribution in [3.8, 4) is 50.3 Å². The highest BCUT2D eigenvalue weighted by Crippen LogP contribution is 2.49. The van der Waals surface area contributed by atoms with Crippen LogP contribution in [0.3, 0.4) is 0 Å². The van der Waals surface area contributed by atoms with Crippen LogP contribution in [0.2, 0.25) is 0 Å². The highest BCUT2D eigenvalue weighted by Gasteiger charge is 2.35. The lowest BCUT2D eigenvalue weighted by Gasteiger charge is -2.22. The zero-order valence-electron chi connectivity index (χ0n) is 27.4. The minimum atomic E-state index is -0.0665. The Balaban J connectivity index is 1.16. The number of nitrogens with zero attached hydrogens (tertiary/aromatic N) is 3. The minimum Gasteiger partial charge on any atom is -0.309 e. The molecule has 0 saturated carbocycles. The zero-order chi connectivity index (χ0) is 32.7. The van der Waals surface area contributed by atoms with E-state index >= 15 is 0 Å². The molecule has 9 aromatic rings. The SMILES string of the molecule is CC1(C)c2ccccc2-c2ccc(-c3cc(-c4ccc(-c5cn6ccccc6n5)cc4)cc(-n4c5ccccc5c5ccccc54)c3)cc21. The van der Waals surface area contributed by atoms with Gasteiger partial charge in [0.05, 0.1) is 16.7 Å². The monoisotopic (exact) mass is 627 g/mol. The van der Waals surface area contributed by atoms with Gasteiger partial charge in [-0.15, -0.1) is 0 Å². The number of fused-ring (bicyclic) bond motifs is 7. The second-order valence-electron chi connectivity index (χ2n) is 13.7. The van der Waals surface area contributed by atoms with Gasteiger partial charge in [0.1, 0.15) is 5.65 Å². The molecule has 232 valence electrons. The van der Waals surface area contributed by atoms with E-state index in [2.05, 4.69) is 162 Å². The number of imidazole rings is 1. The molecule has 1 aliphatic rings. The first-order valence-corrected chi connectivity index (χ1v) is 17.0. The maximum Gasteiger partial charge on any atom is 0.137 e. The van der Waals surface area contributed by atoms with Crippen molar-refractivity contribution in [3.05, 3.63) is 175 Å². The third-order valence-corrected chi connectivity index (χ3v) is 10.6. The van der Waals surface area contributed by atoms with Gasteiger partial charge < -0.3 is 8.97 Å². The molecule has 3 heterocycles. The third-order valence-electron chi connectivity index (χ3n) is 10.6. The van der Waals surface area contributed by atoms with Gasteiger partial charge in [-0.3, -0.25) is 0 Å². The summed E-state index contributed by atoms with van der Waals surface area (Å²) in [7, 11) is 0. The molecule has 3 heteroatoms. The zero-order valence-corrected chi connectivity index (χ0v) is 27.4. The van der Waals surface area contributed by atoms with Crippen molar-refractivity contribution in [2.45, 2.75) is 19.3 Å². The fourth-order valence-corrected chi connectivity index (χ4v) is 8.07. The summed E-state index contributed by atoms with van der Waals surface area (Å²) in [5.41, 5.74) is 16.8. The van der Waals surface area contributed by atoms with Gasteiger partial charge in [0.2, 0.25) is 0 Å². The Kier molecular flexibility index (Phi) is 5.92. The van der Waals surface area contributed by atoms with Crippen LogP contribution in [0.4, 0.5) is 0 Å². The van der Waals surface area contributed by atoms with Crippen LogP contribution in [0.25, 0.3) is 77.8 Å². The van der Waals surface area contributed by atoms with Gasteiger partial charge in [-0.2, -0.15) is 0 Å². The maximum atomic E-state index is 4.86. The van der Waals surface area contributed by atoms with Crippen molar-refractivity contribution >= 4 is 27.5 Å². The van der Waals surface area contributed by atoms with Gasteiger partial charge in [0.15, 0.2) is 0 Å². The Morgan fingerprint density at radius 3 is 1.86 bits per heavy atom. The van der Waals surface area contributed by atoms with Crippen molar-refractivity contribution in [2.24, 2.45) is 0 Å². The molecule has 0 spiro atoms. The van der Waals surface area contributed by atoms with Gasteiger partial charge in [-0.05, 0) is 93.0 Å². The summed E-state index contributed by atoms with van der Waals surface area (Å²) < 4.78 is 4.50. The Bertz CT molecular complexity index is 2650. The number of para-hydroxylation sites is 2. The largest absolute Gasteiger partial charge is 0.309 e. The van der Waals surface area contributed by atoms with E-state index in [1.807, 2.05) is 24.4 Å². The lowest BCUT2D eigenvalue weighted by atomic mass is 9.81. The molecular formula is C46H33N3. The summed E-state index contributed by atoms with van der Waals surface area (Å²) in [6.07, 6.45) is 4.14. The molecular weight excluding hydrogens is 595 g/mol. The highest BCUT2D eigenvalue weighted by molar-refractivity contribution is 6.09. The molecule has 3 nitrogen and oxygen atoms in total. The van der Waals surface area contributed by atoms with Crippen molar-refractivity contribution in [2.75, 3.05) is 0 Å². The lowest BCUT2D eigenvalue weighted by Crippen LogP contribution is -2.14. The summed E-state index contributed by atoms with van der Waals surface area (Å²) in [5, 5.41) is 2.53. The average molecular weight is 628 g/mol. The van der Waals surface area contributed by atoms with E-state index < -0.39 is 0 Å². The number of rotatable bonds is 4. The van der Waals surface area contributed by atoms with Crippen LogP contribution in [0.15, 0.2) is 164 Å². The van der Waals surface area contributed by atoms with Crippen LogP contribution >= 0.6 is 0 Å². The van der Waals surface area contributed by atoms with Gasteiger partial charge in [0.25, 0.3) is 0 Å². The molecule has 6 aromatic carbocycles. The predicted octanol–water partition coefficient (Wildman–Crippen LogP) is 11.7. The molecule has 0 unspecified atom stereocenters. The van der Waals surface area contributed by atoms with Gasteiger partial charge in [-0.25, -0.2) is 4.98 Å². The average Bonchev–Trinajstić information content (AvgIpc) is 3.80.